The van der Waals surface area contributed by atoms with Gasteiger partial charge in [-0.15, -0.1) is 0 Å². The number of aliphatic hydroxyl groups excluding tert-OH is 1. The van der Waals surface area contributed by atoms with Gasteiger partial charge in [0.1, 0.15) is 0 Å². The number of rotatable bonds is 2. The average molecular weight is 119 g/mol. The highest BCUT2D eigenvalue weighted by Crippen LogP contribution is 2.31. The lowest BCUT2D eigenvalue weighted by molar-refractivity contribution is 0.269. The molecule has 1 aliphatic rings. The second kappa shape index (κ2) is 2.03. The van der Waals surface area contributed by atoms with Crippen molar-refractivity contribution in [3.63, 3.8) is 0 Å². The van der Waals surface area contributed by atoms with Crippen molar-refractivity contribution in [2.24, 2.45) is 5.73 Å². The van der Waals surface area contributed by atoms with E-state index in [-0.39, 0.29) is 12.6 Å². The fourth-order valence-electron chi connectivity index (χ4n) is 0.420. The second-order valence-electron chi connectivity index (χ2n) is 1.72. The summed E-state index contributed by atoms with van der Waals surface area (Å²) in [5.74, 6) is 1.14. The van der Waals surface area contributed by atoms with Crippen LogP contribution in [-0.2, 0) is 0 Å². The normalized spacial score (nSPS) is 32.6. The smallest absolute Gasteiger partial charge is 0.0593 e. The van der Waals surface area contributed by atoms with Crippen molar-refractivity contribution >= 4 is 11.8 Å². The van der Waals surface area contributed by atoms with Crippen LogP contribution in [0.5, 0.6) is 0 Å². The molecule has 7 heavy (non-hydrogen) atoms. The van der Waals surface area contributed by atoms with Gasteiger partial charge in [-0.3, -0.25) is 0 Å². The van der Waals surface area contributed by atoms with E-state index in [1.54, 1.807) is 0 Å². The number of thioether (sulfide) groups is 1. The quantitative estimate of drug-likeness (QED) is 0.478. The molecule has 0 aromatic heterocycles. The summed E-state index contributed by atoms with van der Waals surface area (Å²) < 4.78 is 0. The van der Waals surface area contributed by atoms with E-state index >= 15 is 0 Å². The van der Waals surface area contributed by atoms with Crippen LogP contribution in [0.3, 0.4) is 0 Å². The molecule has 42 valence electrons. The van der Waals surface area contributed by atoms with Crippen LogP contribution < -0.4 is 5.73 Å². The summed E-state index contributed by atoms with van der Waals surface area (Å²) >= 11 is 1.82. The highest BCUT2D eigenvalue weighted by molar-refractivity contribution is 8.06. The van der Waals surface area contributed by atoms with Crippen molar-refractivity contribution < 1.29 is 5.11 Å². The van der Waals surface area contributed by atoms with E-state index in [2.05, 4.69) is 0 Å². The maximum absolute atomic E-state index is 8.41. The summed E-state index contributed by atoms with van der Waals surface area (Å²) in [6.45, 7) is 0.137. The van der Waals surface area contributed by atoms with Crippen molar-refractivity contribution in [2.75, 3.05) is 12.4 Å². The molecular weight excluding hydrogens is 110 g/mol. The summed E-state index contributed by atoms with van der Waals surface area (Å²) in [4.78, 5) is 0. The maximum atomic E-state index is 8.41. The Labute approximate surface area is 47.1 Å². The minimum Gasteiger partial charge on any atom is -0.395 e. The van der Waals surface area contributed by atoms with Gasteiger partial charge < -0.3 is 10.8 Å². The van der Waals surface area contributed by atoms with Crippen molar-refractivity contribution in [3.05, 3.63) is 0 Å². The molecule has 0 unspecified atom stereocenters. The van der Waals surface area contributed by atoms with Gasteiger partial charge in [-0.1, -0.05) is 0 Å². The lowest BCUT2D eigenvalue weighted by atomic mass is 10.3. The summed E-state index contributed by atoms with van der Waals surface area (Å²) in [5.41, 5.74) is 5.41. The summed E-state index contributed by atoms with van der Waals surface area (Å²) in [7, 11) is 0. The Morgan fingerprint density at radius 2 is 2.57 bits per heavy atom. The first kappa shape index (κ1) is 5.41. The molecule has 1 saturated heterocycles. The molecule has 0 aliphatic carbocycles. The van der Waals surface area contributed by atoms with E-state index in [0.717, 1.165) is 5.75 Å². The molecule has 3 N–H and O–H groups in total. The van der Waals surface area contributed by atoms with Gasteiger partial charge >= 0.3 is 0 Å². The zero-order valence-corrected chi connectivity index (χ0v) is 4.82. The molecule has 1 rings (SSSR count). The predicted molar refractivity (Wildman–Crippen MR) is 31.3 cm³/mol. The number of nitrogens with two attached hydrogens (primary N) is 1. The van der Waals surface area contributed by atoms with Crippen LogP contribution in [0.25, 0.3) is 0 Å². The second-order valence-corrected chi connectivity index (χ2v) is 2.99. The third kappa shape index (κ3) is 1.33. The molecule has 0 radical (unpaired) electrons. The van der Waals surface area contributed by atoms with Gasteiger partial charge in [-0.2, -0.15) is 11.8 Å². The first-order valence-electron chi connectivity index (χ1n) is 2.32. The van der Waals surface area contributed by atoms with Gasteiger partial charge in [-0.05, 0) is 0 Å². The molecule has 1 heterocycles. The molecule has 1 fully saturated rings. The number of aliphatic hydroxyl groups is 1. The van der Waals surface area contributed by atoms with E-state index in [9.17, 15) is 0 Å². The summed E-state index contributed by atoms with van der Waals surface area (Å²) in [6, 6.07) is 0.0324. The van der Waals surface area contributed by atoms with Crippen LogP contribution in [0.15, 0.2) is 0 Å². The van der Waals surface area contributed by atoms with Crippen LogP contribution >= 0.6 is 11.8 Å². The fraction of sp³-hybridized carbons (Fsp3) is 1.00. The van der Waals surface area contributed by atoms with Gasteiger partial charge in [0.25, 0.3) is 0 Å². The first-order chi connectivity index (χ1) is 3.34. The minimum atomic E-state index is 0.0324. The van der Waals surface area contributed by atoms with Gasteiger partial charge in [0.15, 0.2) is 0 Å². The van der Waals surface area contributed by atoms with Crippen LogP contribution in [0, 0.1) is 0 Å². The highest BCUT2D eigenvalue weighted by Gasteiger charge is 2.28. The first-order valence-corrected chi connectivity index (χ1v) is 3.37. The topological polar surface area (TPSA) is 46.2 Å². The SMILES string of the molecule is N[C@H](CO)[C@@H]1CS1. The third-order valence-corrected chi connectivity index (χ3v) is 2.12. The largest absolute Gasteiger partial charge is 0.395 e. The van der Waals surface area contributed by atoms with Crippen molar-refractivity contribution in [3.8, 4) is 0 Å². The van der Waals surface area contributed by atoms with Crippen molar-refractivity contribution in [1.82, 2.24) is 0 Å². The van der Waals surface area contributed by atoms with Crippen LogP contribution in [0.4, 0.5) is 0 Å². The van der Waals surface area contributed by atoms with Crippen LogP contribution in [0.1, 0.15) is 0 Å². The molecule has 0 aromatic rings. The van der Waals surface area contributed by atoms with E-state index in [1.165, 1.54) is 0 Å². The lowest BCUT2D eigenvalue weighted by Crippen LogP contribution is -2.29. The third-order valence-electron chi connectivity index (χ3n) is 1.05. The Kier molecular flexibility index (Phi) is 1.57. The van der Waals surface area contributed by atoms with E-state index in [0.29, 0.717) is 5.25 Å². The van der Waals surface area contributed by atoms with Crippen LogP contribution in [0.2, 0.25) is 0 Å². The lowest BCUT2D eigenvalue weighted by Gasteiger charge is -2.00. The van der Waals surface area contributed by atoms with Gasteiger partial charge in [-0.25, -0.2) is 0 Å². The van der Waals surface area contributed by atoms with Crippen LogP contribution in [-0.4, -0.2) is 28.8 Å². The van der Waals surface area contributed by atoms with Crippen molar-refractivity contribution in [1.29, 1.82) is 0 Å². The minimum absolute atomic E-state index is 0.0324. The Bertz CT molecular complexity index is 64.7. The summed E-state index contributed by atoms with van der Waals surface area (Å²) in [5, 5.41) is 8.97. The number of hydrogen-bond donors (Lipinski definition) is 2. The molecule has 2 nitrogen and oxygen atoms in total. The highest BCUT2D eigenvalue weighted by atomic mass is 32.2. The fourth-order valence-corrected chi connectivity index (χ4v) is 1.11. The zero-order chi connectivity index (χ0) is 5.28. The predicted octanol–water partition coefficient (Wildman–Crippen LogP) is -0.579. The van der Waals surface area contributed by atoms with Gasteiger partial charge in [0.2, 0.25) is 0 Å². The van der Waals surface area contributed by atoms with E-state index < -0.39 is 0 Å². The van der Waals surface area contributed by atoms with E-state index in [1.807, 2.05) is 11.8 Å². The molecule has 1 aliphatic heterocycles. The monoisotopic (exact) mass is 119 g/mol. The number of hydrogen-bond acceptors (Lipinski definition) is 3. The average Bonchev–Trinajstić information content (AvgIpc) is 2.44. The van der Waals surface area contributed by atoms with Crippen molar-refractivity contribution in [2.45, 2.75) is 11.3 Å². The Hall–Kier alpha value is 0.270. The Morgan fingerprint density at radius 1 is 2.00 bits per heavy atom. The molecule has 2 atom stereocenters. The standard InChI is InChI=1S/C4H9NOS/c5-3(1-6)4-2-7-4/h3-4,6H,1-2,5H2/t3-,4+/m1/s1. The Balaban J connectivity index is 2.10. The van der Waals surface area contributed by atoms with Gasteiger partial charge in [0, 0.05) is 17.0 Å². The molecule has 0 saturated carbocycles. The molecule has 3 heteroatoms. The molecule has 0 aromatic carbocycles. The molecule has 0 amide bonds. The van der Waals surface area contributed by atoms with E-state index in [4.69, 9.17) is 10.8 Å². The zero-order valence-electron chi connectivity index (χ0n) is 4.00. The molecule has 0 bridgehead atoms. The molecular formula is C4H9NOS. The Morgan fingerprint density at radius 3 is 2.71 bits per heavy atom. The molecule has 0 spiro atoms. The summed E-state index contributed by atoms with van der Waals surface area (Å²) in [6.07, 6.45) is 0. The van der Waals surface area contributed by atoms with Gasteiger partial charge in [0.05, 0.1) is 6.61 Å². The maximum Gasteiger partial charge on any atom is 0.0593 e.